The maximum Gasteiger partial charge on any atom is 0.320 e. The third-order valence-corrected chi connectivity index (χ3v) is 3.65. The lowest BCUT2D eigenvalue weighted by molar-refractivity contribution is -0.137. The Morgan fingerprint density at radius 3 is 2.38 bits per heavy atom. The smallest absolute Gasteiger partial charge is 0.320 e. The quantitative estimate of drug-likeness (QED) is 0.663. The minimum Gasteiger partial charge on any atom is -0.481 e. The first-order valence-corrected chi connectivity index (χ1v) is 7.64. The summed E-state index contributed by atoms with van der Waals surface area (Å²) < 4.78 is 5.30. The highest BCUT2D eigenvalue weighted by Crippen LogP contribution is 2.06. The Hall–Kier alpha value is -1.34. The Balaban J connectivity index is 2.34. The van der Waals surface area contributed by atoms with Gasteiger partial charge in [-0.15, -0.1) is 0 Å². The summed E-state index contributed by atoms with van der Waals surface area (Å²) in [4.78, 5) is 28.7. The summed E-state index contributed by atoms with van der Waals surface area (Å²) in [7, 11) is 0. The van der Waals surface area contributed by atoms with E-state index in [0.29, 0.717) is 45.9 Å². The topological polar surface area (TPSA) is 73.3 Å². The molecule has 0 aromatic carbocycles. The fourth-order valence-electron chi connectivity index (χ4n) is 2.32. The van der Waals surface area contributed by atoms with Crippen molar-refractivity contribution < 1.29 is 19.4 Å². The Labute approximate surface area is 126 Å². The Morgan fingerprint density at radius 1 is 1.19 bits per heavy atom. The van der Waals surface area contributed by atoms with E-state index in [1.807, 2.05) is 18.7 Å². The van der Waals surface area contributed by atoms with Crippen LogP contribution in [0.25, 0.3) is 0 Å². The van der Waals surface area contributed by atoms with Crippen molar-refractivity contribution in [2.75, 3.05) is 59.0 Å². The number of piperazine rings is 1. The average molecular weight is 301 g/mol. The van der Waals surface area contributed by atoms with Crippen LogP contribution in [0, 0.1) is 0 Å². The van der Waals surface area contributed by atoms with Crippen LogP contribution in [0.4, 0.5) is 4.79 Å². The van der Waals surface area contributed by atoms with Crippen LogP contribution in [-0.4, -0.2) is 90.8 Å². The monoisotopic (exact) mass is 301 g/mol. The molecular weight excluding hydrogens is 274 g/mol. The second kappa shape index (κ2) is 9.57. The summed E-state index contributed by atoms with van der Waals surface area (Å²) in [6.07, 6.45) is 0.156. The SMILES string of the molecule is CCOCCN(CC)C(=O)N1CCN(CCC(=O)O)CC1. The van der Waals surface area contributed by atoms with E-state index in [9.17, 15) is 9.59 Å². The highest BCUT2D eigenvalue weighted by molar-refractivity contribution is 5.74. The first-order chi connectivity index (χ1) is 10.1. The van der Waals surface area contributed by atoms with E-state index < -0.39 is 5.97 Å². The number of amides is 2. The summed E-state index contributed by atoms with van der Waals surface area (Å²) in [5, 5.41) is 8.68. The van der Waals surface area contributed by atoms with Gasteiger partial charge in [0.1, 0.15) is 0 Å². The molecule has 1 aliphatic rings. The molecule has 1 aliphatic heterocycles. The molecule has 0 radical (unpaired) electrons. The highest BCUT2D eigenvalue weighted by atomic mass is 16.5. The van der Waals surface area contributed by atoms with Gasteiger partial charge in [0.2, 0.25) is 0 Å². The van der Waals surface area contributed by atoms with Gasteiger partial charge in [-0.3, -0.25) is 9.69 Å². The van der Waals surface area contributed by atoms with Gasteiger partial charge in [-0.05, 0) is 13.8 Å². The molecule has 0 aliphatic carbocycles. The summed E-state index contributed by atoms with van der Waals surface area (Å²) in [6.45, 7) is 9.76. The Bertz CT molecular complexity index is 330. The van der Waals surface area contributed by atoms with Crippen LogP contribution < -0.4 is 0 Å². The molecule has 7 heteroatoms. The van der Waals surface area contributed by atoms with Gasteiger partial charge in [0.05, 0.1) is 13.0 Å². The second-order valence-corrected chi connectivity index (χ2v) is 5.03. The molecule has 0 atom stereocenters. The number of hydrogen-bond donors (Lipinski definition) is 1. The largest absolute Gasteiger partial charge is 0.481 e. The third-order valence-electron chi connectivity index (χ3n) is 3.65. The number of urea groups is 1. The first kappa shape index (κ1) is 17.7. The van der Waals surface area contributed by atoms with E-state index in [1.165, 1.54) is 0 Å². The number of rotatable bonds is 8. The molecule has 0 aromatic rings. The van der Waals surface area contributed by atoms with Crippen molar-refractivity contribution in [3.63, 3.8) is 0 Å². The van der Waals surface area contributed by atoms with E-state index in [2.05, 4.69) is 4.90 Å². The van der Waals surface area contributed by atoms with Gasteiger partial charge in [-0.25, -0.2) is 4.79 Å². The summed E-state index contributed by atoms with van der Waals surface area (Å²) in [5.74, 6) is -0.776. The fourth-order valence-corrected chi connectivity index (χ4v) is 2.32. The Kier molecular flexibility index (Phi) is 8.07. The molecule has 1 heterocycles. The molecule has 122 valence electrons. The molecule has 0 unspecified atom stereocenters. The van der Waals surface area contributed by atoms with Gasteiger partial charge in [-0.2, -0.15) is 0 Å². The second-order valence-electron chi connectivity index (χ2n) is 5.03. The molecule has 0 saturated carbocycles. The molecule has 21 heavy (non-hydrogen) atoms. The number of aliphatic carboxylic acids is 1. The lowest BCUT2D eigenvalue weighted by Gasteiger charge is -2.37. The number of hydrogen-bond acceptors (Lipinski definition) is 4. The maximum atomic E-state index is 12.4. The lowest BCUT2D eigenvalue weighted by atomic mass is 10.3. The predicted octanol–water partition coefficient (Wildman–Crippen LogP) is 0.557. The zero-order chi connectivity index (χ0) is 15.7. The van der Waals surface area contributed by atoms with Crippen LogP contribution in [-0.2, 0) is 9.53 Å². The number of ether oxygens (including phenoxy) is 1. The van der Waals surface area contributed by atoms with Crippen molar-refractivity contribution in [1.82, 2.24) is 14.7 Å². The summed E-state index contributed by atoms with van der Waals surface area (Å²) in [5.41, 5.74) is 0. The number of carbonyl (C=O) groups is 2. The zero-order valence-electron chi connectivity index (χ0n) is 13.1. The number of likely N-dealkylation sites (N-methyl/N-ethyl adjacent to an activating group) is 1. The van der Waals surface area contributed by atoms with Gasteiger partial charge >= 0.3 is 12.0 Å². The molecule has 0 bridgehead atoms. The maximum absolute atomic E-state index is 12.4. The van der Waals surface area contributed by atoms with E-state index in [1.54, 1.807) is 4.90 Å². The van der Waals surface area contributed by atoms with Gasteiger partial charge in [-0.1, -0.05) is 0 Å². The van der Waals surface area contributed by atoms with Crippen LogP contribution >= 0.6 is 0 Å². The minimum atomic E-state index is -0.776. The van der Waals surface area contributed by atoms with Crippen LogP contribution in [0.3, 0.4) is 0 Å². The van der Waals surface area contributed by atoms with Crippen LogP contribution in [0.1, 0.15) is 20.3 Å². The zero-order valence-corrected chi connectivity index (χ0v) is 13.1. The molecule has 2 amide bonds. The standard InChI is InChI=1S/C14H27N3O4/c1-3-16(11-12-21-4-2)14(20)17-9-7-15(8-10-17)6-5-13(18)19/h3-12H2,1-2H3,(H,18,19). The van der Waals surface area contributed by atoms with Gasteiger partial charge in [0.15, 0.2) is 0 Å². The fraction of sp³-hybridized carbons (Fsp3) is 0.857. The van der Waals surface area contributed by atoms with Gasteiger partial charge in [0.25, 0.3) is 0 Å². The highest BCUT2D eigenvalue weighted by Gasteiger charge is 2.24. The normalized spacial score (nSPS) is 16.0. The van der Waals surface area contributed by atoms with E-state index in [0.717, 1.165) is 13.1 Å². The number of carbonyl (C=O) groups excluding carboxylic acids is 1. The first-order valence-electron chi connectivity index (χ1n) is 7.64. The van der Waals surface area contributed by atoms with Crippen molar-refractivity contribution >= 4 is 12.0 Å². The molecule has 1 fully saturated rings. The average Bonchev–Trinajstić information content (AvgIpc) is 2.49. The molecule has 0 spiro atoms. The minimum absolute atomic E-state index is 0.0510. The van der Waals surface area contributed by atoms with Crippen LogP contribution in [0.15, 0.2) is 0 Å². The summed E-state index contributed by atoms with van der Waals surface area (Å²) >= 11 is 0. The van der Waals surface area contributed by atoms with Crippen molar-refractivity contribution in [1.29, 1.82) is 0 Å². The number of nitrogens with zero attached hydrogens (tertiary/aromatic N) is 3. The third kappa shape index (κ3) is 6.31. The Morgan fingerprint density at radius 2 is 1.86 bits per heavy atom. The van der Waals surface area contributed by atoms with E-state index >= 15 is 0 Å². The van der Waals surface area contributed by atoms with Crippen molar-refractivity contribution in [2.45, 2.75) is 20.3 Å². The number of carboxylic acid groups (broad SMARTS) is 1. The predicted molar refractivity (Wildman–Crippen MR) is 79.4 cm³/mol. The molecule has 1 saturated heterocycles. The van der Waals surface area contributed by atoms with Crippen molar-refractivity contribution in [3.05, 3.63) is 0 Å². The number of carboxylic acids is 1. The van der Waals surface area contributed by atoms with E-state index in [4.69, 9.17) is 9.84 Å². The molecule has 1 rings (SSSR count). The lowest BCUT2D eigenvalue weighted by Crippen LogP contribution is -2.53. The molecule has 0 aromatic heterocycles. The van der Waals surface area contributed by atoms with Gasteiger partial charge in [0, 0.05) is 52.4 Å². The molecular formula is C14H27N3O4. The molecule has 1 N–H and O–H groups in total. The van der Waals surface area contributed by atoms with E-state index in [-0.39, 0.29) is 12.5 Å². The van der Waals surface area contributed by atoms with Crippen LogP contribution in [0.5, 0.6) is 0 Å². The summed E-state index contributed by atoms with van der Waals surface area (Å²) in [6, 6.07) is 0.0510. The van der Waals surface area contributed by atoms with Crippen molar-refractivity contribution in [3.8, 4) is 0 Å². The molecule has 7 nitrogen and oxygen atoms in total. The van der Waals surface area contributed by atoms with Crippen LogP contribution in [0.2, 0.25) is 0 Å². The van der Waals surface area contributed by atoms with Crippen molar-refractivity contribution in [2.24, 2.45) is 0 Å². The van der Waals surface area contributed by atoms with Gasteiger partial charge < -0.3 is 19.6 Å².